The molecule has 0 aliphatic heterocycles. The Morgan fingerprint density at radius 1 is 0.919 bits per heavy atom. The van der Waals surface area contributed by atoms with E-state index in [1.807, 2.05) is 54.7 Å². The Balaban J connectivity index is 1.64. The molecule has 1 aromatic heterocycles. The largest absolute Gasteiger partial charge is 0.493 e. The van der Waals surface area contributed by atoms with Crippen LogP contribution in [0.25, 0.3) is 23.0 Å². The summed E-state index contributed by atoms with van der Waals surface area (Å²) in [5.41, 5.74) is 4.13. The van der Waals surface area contributed by atoms with E-state index < -0.39 is 0 Å². The topological polar surface area (TPSA) is 85.7 Å². The molecule has 0 bridgehead atoms. The van der Waals surface area contributed by atoms with Crippen molar-refractivity contribution < 1.29 is 19.1 Å². The fraction of sp³-hybridized carbons (Fsp3) is 0.138. The number of carbonyl (C=O) groups excluding carboxylic acids is 2. The van der Waals surface area contributed by atoms with Gasteiger partial charge in [-0.2, -0.15) is 5.10 Å². The second kappa shape index (κ2) is 11.3. The first-order valence-electron chi connectivity index (χ1n) is 11.6. The average molecular weight is 497 g/mol. The van der Waals surface area contributed by atoms with Crippen LogP contribution in [0.3, 0.4) is 0 Å². The Labute approximate surface area is 215 Å². The number of rotatable bonds is 8. The minimum atomic E-state index is -0.333. The van der Waals surface area contributed by atoms with E-state index in [1.54, 1.807) is 63.3 Å². The van der Waals surface area contributed by atoms with Gasteiger partial charge in [-0.3, -0.25) is 9.59 Å². The maximum Gasteiger partial charge on any atom is 0.253 e. The lowest BCUT2D eigenvalue weighted by atomic mass is 10.1. The standard InChI is InChI=1S/C29H28N4O4/c1-32(2)29(35)21-9-8-10-23(17-21)30-27(34)16-14-22-19-33(24-11-6-5-7-12-24)31-28(22)20-13-15-25(36-3)26(18-20)37-4/h5-19H,1-4H3,(H,30,34)/b16-14+. The molecule has 0 spiro atoms. The molecule has 1 heterocycles. The summed E-state index contributed by atoms with van der Waals surface area (Å²) in [5.74, 6) is 0.717. The molecule has 0 saturated carbocycles. The van der Waals surface area contributed by atoms with Gasteiger partial charge >= 0.3 is 0 Å². The predicted octanol–water partition coefficient (Wildman–Crippen LogP) is 4.91. The molecule has 8 heteroatoms. The van der Waals surface area contributed by atoms with E-state index in [-0.39, 0.29) is 11.8 Å². The van der Waals surface area contributed by atoms with Crippen LogP contribution in [0.2, 0.25) is 0 Å². The van der Waals surface area contributed by atoms with Crippen LogP contribution in [-0.4, -0.2) is 54.8 Å². The molecule has 0 aliphatic rings. The number of amides is 2. The number of methoxy groups -OCH3 is 2. The third-order valence-corrected chi connectivity index (χ3v) is 5.62. The normalized spacial score (nSPS) is 10.8. The fourth-order valence-corrected chi connectivity index (χ4v) is 3.77. The first-order valence-corrected chi connectivity index (χ1v) is 11.6. The summed E-state index contributed by atoms with van der Waals surface area (Å²) >= 11 is 0. The smallest absolute Gasteiger partial charge is 0.253 e. The number of carbonyl (C=O) groups is 2. The highest BCUT2D eigenvalue weighted by Crippen LogP contribution is 2.33. The number of benzene rings is 3. The Bertz CT molecular complexity index is 1440. The van der Waals surface area contributed by atoms with Crippen molar-refractivity contribution >= 4 is 23.6 Å². The maximum atomic E-state index is 12.8. The van der Waals surface area contributed by atoms with E-state index >= 15 is 0 Å². The van der Waals surface area contributed by atoms with Gasteiger partial charge in [-0.15, -0.1) is 0 Å². The van der Waals surface area contributed by atoms with Gasteiger partial charge in [0.05, 0.1) is 19.9 Å². The zero-order chi connectivity index (χ0) is 26.4. The lowest BCUT2D eigenvalue weighted by molar-refractivity contribution is -0.111. The van der Waals surface area contributed by atoms with Gasteiger partial charge in [0, 0.05) is 48.7 Å². The molecule has 4 aromatic rings. The molecule has 1 N–H and O–H groups in total. The molecule has 0 unspecified atom stereocenters. The monoisotopic (exact) mass is 496 g/mol. The van der Waals surface area contributed by atoms with Gasteiger partial charge < -0.3 is 19.7 Å². The number of ether oxygens (including phenoxy) is 2. The van der Waals surface area contributed by atoms with E-state index in [9.17, 15) is 9.59 Å². The summed E-state index contributed by atoms with van der Waals surface area (Å²) in [6.45, 7) is 0. The Hall–Kier alpha value is -4.85. The lowest BCUT2D eigenvalue weighted by Gasteiger charge is -2.11. The van der Waals surface area contributed by atoms with Gasteiger partial charge in [0.2, 0.25) is 5.91 Å². The minimum Gasteiger partial charge on any atom is -0.493 e. The molecule has 0 radical (unpaired) electrons. The van der Waals surface area contributed by atoms with Crippen molar-refractivity contribution in [2.24, 2.45) is 0 Å². The SMILES string of the molecule is COc1ccc(-c2nn(-c3ccccc3)cc2/C=C/C(=O)Nc2cccc(C(=O)N(C)C)c2)cc1OC. The van der Waals surface area contributed by atoms with Gasteiger partial charge in [-0.05, 0) is 54.6 Å². The van der Waals surface area contributed by atoms with Crippen molar-refractivity contribution in [3.63, 3.8) is 0 Å². The highest BCUT2D eigenvalue weighted by molar-refractivity contribution is 6.03. The van der Waals surface area contributed by atoms with Crippen LogP contribution in [-0.2, 0) is 4.79 Å². The summed E-state index contributed by atoms with van der Waals surface area (Å²) in [6.07, 6.45) is 5.02. The van der Waals surface area contributed by atoms with E-state index in [2.05, 4.69) is 5.32 Å². The molecule has 37 heavy (non-hydrogen) atoms. The van der Waals surface area contributed by atoms with Gasteiger partial charge in [-0.25, -0.2) is 4.68 Å². The van der Waals surface area contributed by atoms with Crippen LogP contribution in [0.15, 0.2) is 85.1 Å². The second-order valence-corrected chi connectivity index (χ2v) is 8.39. The van der Waals surface area contributed by atoms with E-state index in [0.717, 1.165) is 16.8 Å². The molecule has 4 rings (SSSR count). The van der Waals surface area contributed by atoms with Gasteiger partial charge in [0.15, 0.2) is 11.5 Å². The highest BCUT2D eigenvalue weighted by Gasteiger charge is 2.14. The van der Waals surface area contributed by atoms with Gasteiger partial charge in [-0.1, -0.05) is 24.3 Å². The molecule has 0 saturated heterocycles. The summed E-state index contributed by atoms with van der Waals surface area (Å²) in [7, 11) is 6.53. The van der Waals surface area contributed by atoms with E-state index in [0.29, 0.717) is 28.4 Å². The second-order valence-electron chi connectivity index (χ2n) is 8.39. The molecular formula is C29H28N4O4. The molecule has 0 atom stereocenters. The van der Waals surface area contributed by atoms with Crippen LogP contribution < -0.4 is 14.8 Å². The number of para-hydroxylation sites is 1. The number of hydrogen-bond donors (Lipinski definition) is 1. The van der Waals surface area contributed by atoms with E-state index in [4.69, 9.17) is 14.6 Å². The summed E-state index contributed by atoms with van der Waals surface area (Å²) in [6, 6.07) is 22.1. The van der Waals surface area contributed by atoms with Crippen LogP contribution in [0, 0.1) is 0 Å². The molecular weight excluding hydrogens is 468 g/mol. The summed E-state index contributed by atoms with van der Waals surface area (Å²) < 4.78 is 12.6. The average Bonchev–Trinajstić information content (AvgIpc) is 3.36. The number of nitrogens with one attached hydrogen (secondary N) is 1. The fourth-order valence-electron chi connectivity index (χ4n) is 3.77. The predicted molar refractivity (Wildman–Crippen MR) is 144 cm³/mol. The number of nitrogens with zero attached hydrogens (tertiary/aromatic N) is 3. The zero-order valence-electron chi connectivity index (χ0n) is 21.1. The van der Waals surface area contributed by atoms with Crippen LogP contribution in [0.5, 0.6) is 11.5 Å². The molecule has 0 fully saturated rings. The van der Waals surface area contributed by atoms with Crippen molar-refractivity contribution in [3.05, 3.63) is 96.2 Å². The Morgan fingerprint density at radius 3 is 2.38 bits per heavy atom. The van der Waals surface area contributed by atoms with Crippen molar-refractivity contribution in [1.29, 1.82) is 0 Å². The summed E-state index contributed by atoms with van der Waals surface area (Å²) in [4.78, 5) is 26.5. The number of anilines is 1. The van der Waals surface area contributed by atoms with Crippen molar-refractivity contribution in [1.82, 2.24) is 14.7 Å². The molecule has 0 aliphatic carbocycles. The molecule has 8 nitrogen and oxygen atoms in total. The third kappa shape index (κ3) is 5.87. The van der Waals surface area contributed by atoms with Gasteiger partial charge in [0.1, 0.15) is 5.69 Å². The number of hydrogen-bond acceptors (Lipinski definition) is 5. The summed E-state index contributed by atoms with van der Waals surface area (Å²) in [5, 5.41) is 7.60. The highest BCUT2D eigenvalue weighted by atomic mass is 16.5. The third-order valence-electron chi connectivity index (χ3n) is 5.62. The number of aromatic nitrogens is 2. The van der Waals surface area contributed by atoms with E-state index in [1.165, 1.54) is 11.0 Å². The molecule has 188 valence electrons. The van der Waals surface area contributed by atoms with Crippen LogP contribution in [0.1, 0.15) is 15.9 Å². The Kier molecular flexibility index (Phi) is 7.68. The molecule has 3 aromatic carbocycles. The van der Waals surface area contributed by atoms with Crippen molar-refractivity contribution in [3.8, 4) is 28.4 Å². The quantitative estimate of drug-likeness (QED) is 0.350. The van der Waals surface area contributed by atoms with Crippen LogP contribution >= 0.6 is 0 Å². The van der Waals surface area contributed by atoms with Crippen molar-refractivity contribution in [2.45, 2.75) is 0 Å². The zero-order valence-corrected chi connectivity index (χ0v) is 21.1. The first-order chi connectivity index (χ1) is 17.9. The first kappa shape index (κ1) is 25.2. The Morgan fingerprint density at radius 2 is 1.68 bits per heavy atom. The lowest BCUT2D eigenvalue weighted by Crippen LogP contribution is -2.21. The maximum absolute atomic E-state index is 12.8. The minimum absolute atomic E-state index is 0.139. The van der Waals surface area contributed by atoms with Crippen molar-refractivity contribution in [2.75, 3.05) is 33.6 Å². The van der Waals surface area contributed by atoms with Crippen LogP contribution in [0.4, 0.5) is 5.69 Å². The van der Waals surface area contributed by atoms with Gasteiger partial charge in [0.25, 0.3) is 5.91 Å². The molecule has 2 amide bonds.